The number of pyridine rings is 1. The Bertz CT molecular complexity index is 478. The Morgan fingerprint density at radius 3 is 2.80 bits per heavy atom. The summed E-state index contributed by atoms with van der Waals surface area (Å²) in [4.78, 5) is 3.88. The van der Waals surface area contributed by atoms with Crippen molar-refractivity contribution in [2.24, 2.45) is 7.05 Å². The van der Waals surface area contributed by atoms with Gasteiger partial charge in [0, 0.05) is 25.4 Å². The SMILES string of the molecule is Cc1cc(Oc2ccnc(N)c2)n(C)n1. The fraction of sp³-hybridized carbons (Fsp3) is 0.200. The first kappa shape index (κ1) is 9.51. The van der Waals surface area contributed by atoms with Gasteiger partial charge in [0.05, 0.1) is 5.69 Å². The molecule has 0 atom stereocenters. The van der Waals surface area contributed by atoms with Crippen molar-refractivity contribution in [1.29, 1.82) is 0 Å². The van der Waals surface area contributed by atoms with Crippen LogP contribution in [0.25, 0.3) is 0 Å². The highest BCUT2D eigenvalue weighted by Gasteiger charge is 2.04. The molecule has 2 rings (SSSR count). The summed E-state index contributed by atoms with van der Waals surface area (Å²) < 4.78 is 7.26. The van der Waals surface area contributed by atoms with Crippen LogP contribution in [0.1, 0.15) is 5.69 Å². The maximum atomic E-state index is 5.59. The molecule has 0 aliphatic carbocycles. The van der Waals surface area contributed by atoms with E-state index in [0.29, 0.717) is 17.4 Å². The predicted molar refractivity (Wildman–Crippen MR) is 56.7 cm³/mol. The molecule has 0 aromatic carbocycles. The fourth-order valence-corrected chi connectivity index (χ4v) is 1.29. The highest BCUT2D eigenvalue weighted by atomic mass is 16.5. The van der Waals surface area contributed by atoms with E-state index < -0.39 is 0 Å². The van der Waals surface area contributed by atoms with Gasteiger partial charge in [-0.25, -0.2) is 9.67 Å². The average molecular weight is 204 g/mol. The predicted octanol–water partition coefficient (Wildman–Crippen LogP) is 1.50. The second-order valence-electron chi connectivity index (χ2n) is 3.27. The highest BCUT2D eigenvalue weighted by Crippen LogP contribution is 2.21. The molecule has 2 aromatic heterocycles. The molecule has 0 unspecified atom stereocenters. The second kappa shape index (κ2) is 3.61. The normalized spacial score (nSPS) is 10.3. The number of hydrogen-bond donors (Lipinski definition) is 1. The third-order valence-corrected chi connectivity index (χ3v) is 1.93. The zero-order chi connectivity index (χ0) is 10.8. The van der Waals surface area contributed by atoms with Crippen molar-refractivity contribution in [3.8, 4) is 11.6 Å². The van der Waals surface area contributed by atoms with Crippen LogP contribution in [0.4, 0.5) is 5.82 Å². The molecule has 2 N–H and O–H groups in total. The van der Waals surface area contributed by atoms with Gasteiger partial charge in [-0.1, -0.05) is 0 Å². The topological polar surface area (TPSA) is 66.0 Å². The van der Waals surface area contributed by atoms with E-state index in [0.717, 1.165) is 5.69 Å². The van der Waals surface area contributed by atoms with Gasteiger partial charge >= 0.3 is 0 Å². The van der Waals surface area contributed by atoms with E-state index in [1.807, 2.05) is 20.0 Å². The van der Waals surface area contributed by atoms with Crippen LogP contribution in [0.2, 0.25) is 0 Å². The van der Waals surface area contributed by atoms with Gasteiger partial charge in [-0.05, 0) is 13.0 Å². The first-order chi connectivity index (χ1) is 7.15. The van der Waals surface area contributed by atoms with Crippen molar-refractivity contribution < 1.29 is 4.74 Å². The first-order valence-corrected chi connectivity index (χ1v) is 4.55. The van der Waals surface area contributed by atoms with Crippen molar-refractivity contribution in [3.05, 3.63) is 30.1 Å². The summed E-state index contributed by atoms with van der Waals surface area (Å²) in [5.41, 5.74) is 6.45. The number of ether oxygens (including phenoxy) is 1. The van der Waals surface area contributed by atoms with Crippen LogP contribution < -0.4 is 10.5 Å². The molecule has 0 saturated carbocycles. The van der Waals surface area contributed by atoms with Gasteiger partial charge in [-0.3, -0.25) is 0 Å². The van der Waals surface area contributed by atoms with E-state index in [2.05, 4.69) is 10.1 Å². The summed E-state index contributed by atoms with van der Waals surface area (Å²) in [5, 5.41) is 4.17. The quantitative estimate of drug-likeness (QED) is 0.805. The number of nitrogens with zero attached hydrogens (tertiary/aromatic N) is 3. The van der Waals surface area contributed by atoms with Crippen LogP contribution in [-0.4, -0.2) is 14.8 Å². The van der Waals surface area contributed by atoms with E-state index in [1.165, 1.54) is 0 Å². The molecule has 15 heavy (non-hydrogen) atoms. The molecular formula is C10H12N4O. The summed E-state index contributed by atoms with van der Waals surface area (Å²) in [5.74, 6) is 1.77. The molecule has 0 spiro atoms. The third kappa shape index (κ3) is 2.07. The summed E-state index contributed by atoms with van der Waals surface area (Å²) in [7, 11) is 1.83. The van der Waals surface area contributed by atoms with Crippen molar-refractivity contribution in [2.45, 2.75) is 6.92 Å². The number of nitrogens with two attached hydrogens (primary N) is 1. The molecule has 2 heterocycles. The minimum absolute atomic E-state index is 0.436. The monoisotopic (exact) mass is 204 g/mol. The van der Waals surface area contributed by atoms with Crippen LogP contribution >= 0.6 is 0 Å². The van der Waals surface area contributed by atoms with Crippen molar-refractivity contribution in [1.82, 2.24) is 14.8 Å². The number of hydrogen-bond acceptors (Lipinski definition) is 4. The molecule has 5 heteroatoms. The molecule has 78 valence electrons. The summed E-state index contributed by atoms with van der Waals surface area (Å²) >= 11 is 0. The van der Waals surface area contributed by atoms with Gasteiger partial charge < -0.3 is 10.5 Å². The molecule has 0 radical (unpaired) electrons. The Hall–Kier alpha value is -2.04. The van der Waals surface area contributed by atoms with E-state index in [1.54, 1.807) is 23.0 Å². The van der Waals surface area contributed by atoms with Crippen LogP contribution in [0.15, 0.2) is 24.4 Å². The van der Waals surface area contributed by atoms with E-state index in [-0.39, 0.29) is 0 Å². The Kier molecular flexibility index (Phi) is 2.29. The molecule has 0 bridgehead atoms. The van der Waals surface area contributed by atoms with Crippen LogP contribution in [0.5, 0.6) is 11.6 Å². The minimum atomic E-state index is 0.436. The maximum Gasteiger partial charge on any atom is 0.217 e. The lowest BCUT2D eigenvalue weighted by molar-refractivity contribution is 0.430. The molecule has 2 aromatic rings. The standard InChI is InChI=1S/C10H12N4O/c1-7-5-10(14(2)13-7)15-8-3-4-12-9(11)6-8/h3-6H,1-2H3,(H2,11,12). The summed E-state index contributed by atoms with van der Waals surface area (Å²) in [6, 6.07) is 5.28. The van der Waals surface area contributed by atoms with Crippen LogP contribution in [-0.2, 0) is 7.05 Å². The summed E-state index contributed by atoms with van der Waals surface area (Å²) in [6.07, 6.45) is 1.61. The lowest BCUT2D eigenvalue weighted by atomic mass is 10.4. The Morgan fingerprint density at radius 2 is 2.20 bits per heavy atom. The lowest BCUT2D eigenvalue weighted by Crippen LogP contribution is -1.96. The molecule has 0 aliphatic heterocycles. The van der Waals surface area contributed by atoms with Crippen molar-refractivity contribution >= 4 is 5.82 Å². The van der Waals surface area contributed by atoms with Crippen molar-refractivity contribution in [3.63, 3.8) is 0 Å². The van der Waals surface area contributed by atoms with E-state index in [4.69, 9.17) is 10.5 Å². The Labute approximate surface area is 87.5 Å². The molecule has 5 nitrogen and oxygen atoms in total. The van der Waals surface area contributed by atoms with Gasteiger partial charge in [0.15, 0.2) is 0 Å². The highest BCUT2D eigenvalue weighted by molar-refractivity contribution is 5.37. The molecule has 0 fully saturated rings. The van der Waals surface area contributed by atoms with E-state index >= 15 is 0 Å². The summed E-state index contributed by atoms with van der Waals surface area (Å²) in [6.45, 7) is 1.91. The minimum Gasteiger partial charge on any atom is -0.439 e. The molecule has 0 amide bonds. The largest absolute Gasteiger partial charge is 0.439 e. The second-order valence-corrected chi connectivity index (χ2v) is 3.27. The number of aryl methyl sites for hydroxylation is 2. The Morgan fingerprint density at radius 1 is 1.40 bits per heavy atom. The zero-order valence-electron chi connectivity index (χ0n) is 8.64. The van der Waals surface area contributed by atoms with Crippen molar-refractivity contribution in [2.75, 3.05) is 5.73 Å². The smallest absolute Gasteiger partial charge is 0.217 e. The molecule has 0 saturated heterocycles. The molecule has 0 aliphatic rings. The first-order valence-electron chi connectivity index (χ1n) is 4.55. The van der Waals surface area contributed by atoms with Gasteiger partial charge in [0.1, 0.15) is 11.6 Å². The van der Waals surface area contributed by atoms with Gasteiger partial charge in [-0.15, -0.1) is 0 Å². The fourth-order valence-electron chi connectivity index (χ4n) is 1.29. The van der Waals surface area contributed by atoms with E-state index in [9.17, 15) is 0 Å². The molecular weight excluding hydrogens is 192 g/mol. The number of anilines is 1. The van der Waals surface area contributed by atoms with Crippen LogP contribution in [0.3, 0.4) is 0 Å². The zero-order valence-corrected chi connectivity index (χ0v) is 8.64. The van der Waals surface area contributed by atoms with Gasteiger partial charge in [0.2, 0.25) is 5.88 Å². The van der Waals surface area contributed by atoms with Crippen LogP contribution in [0, 0.1) is 6.92 Å². The number of aromatic nitrogens is 3. The maximum absolute atomic E-state index is 5.59. The number of rotatable bonds is 2. The van der Waals surface area contributed by atoms with Gasteiger partial charge in [0.25, 0.3) is 0 Å². The Balaban J connectivity index is 2.25. The number of nitrogen functional groups attached to an aromatic ring is 1. The third-order valence-electron chi connectivity index (χ3n) is 1.93. The average Bonchev–Trinajstić information content (AvgIpc) is 2.45. The lowest BCUT2D eigenvalue weighted by Gasteiger charge is -2.04. The van der Waals surface area contributed by atoms with Gasteiger partial charge in [-0.2, -0.15) is 5.10 Å².